The first-order valence-corrected chi connectivity index (χ1v) is 5.85. The number of fused-ring (bicyclic) bond motifs is 3. The van der Waals surface area contributed by atoms with E-state index in [0.29, 0.717) is 5.39 Å². The molecule has 0 unspecified atom stereocenters. The minimum Gasteiger partial charge on any atom is -0.504 e. The summed E-state index contributed by atoms with van der Waals surface area (Å²) in [5.41, 5.74) is 0.670. The summed E-state index contributed by atoms with van der Waals surface area (Å²) >= 11 is 0. The van der Waals surface area contributed by atoms with Crippen LogP contribution in [0.2, 0.25) is 0 Å². The lowest BCUT2D eigenvalue weighted by Crippen LogP contribution is -2.01. The monoisotopic (exact) mass is 256 g/mol. The van der Waals surface area contributed by atoms with Crippen molar-refractivity contribution in [1.29, 1.82) is 0 Å². The number of phenolic OH excluding ortho intramolecular Hbond substituents is 1. The van der Waals surface area contributed by atoms with Gasteiger partial charge in [0, 0.05) is 10.8 Å². The zero-order valence-corrected chi connectivity index (χ0v) is 10.6. The van der Waals surface area contributed by atoms with Crippen LogP contribution in [0.25, 0.3) is 21.7 Å². The smallest absolute Gasteiger partial charge is 0.344 e. The van der Waals surface area contributed by atoms with Gasteiger partial charge in [-0.25, -0.2) is 4.79 Å². The van der Waals surface area contributed by atoms with E-state index in [2.05, 4.69) is 0 Å². The summed E-state index contributed by atoms with van der Waals surface area (Å²) in [6.07, 6.45) is 0. The van der Waals surface area contributed by atoms with Gasteiger partial charge in [0.2, 0.25) is 5.75 Å². The van der Waals surface area contributed by atoms with Gasteiger partial charge in [0.25, 0.3) is 0 Å². The molecule has 0 saturated heterocycles. The molecule has 3 rings (SSSR count). The molecular formula is C15H12O4. The van der Waals surface area contributed by atoms with Crippen LogP contribution in [0.5, 0.6) is 11.5 Å². The summed E-state index contributed by atoms with van der Waals surface area (Å²) < 4.78 is 10.5. The molecule has 19 heavy (non-hydrogen) atoms. The molecule has 0 aliphatic rings. The molecule has 4 heteroatoms. The highest BCUT2D eigenvalue weighted by atomic mass is 16.5. The number of phenols is 1. The average Bonchev–Trinajstić information content (AvgIpc) is 2.39. The van der Waals surface area contributed by atoms with Crippen molar-refractivity contribution in [3.63, 3.8) is 0 Å². The molecule has 2 aromatic carbocycles. The summed E-state index contributed by atoms with van der Waals surface area (Å²) in [5, 5.41) is 12.0. The SMILES string of the molecule is COc1c(O)cc(C)c2c1oc(=O)c1ccccc12. The number of hydrogen-bond donors (Lipinski definition) is 1. The Kier molecular flexibility index (Phi) is 2.45. The molecule has 0 amide bonds. The van der Waals surface area contributed by atoms with Crippen molar-refractivity contribution >= 4 is 21.7 Å². The largest absolute Gasteiger partial charge is 0.504 e. The molecule has 0 radical (unpaired) electrons. The second kappa shape index (κ2) is 4.02. The minimum absolute atomic E-state index is 0.0362. The van der Waals surface area contributed by atoms with E-state index in [0.717, 1.165) is 16.3 Å². The van der Waals surface area contributed by atoms with E-state index >= 15 is 0 Å². The standard InChI is InChI=1S/C15H12O4/c1-8-7-11(16)13(18-2)14-12(8)9-5-3-4-6-10(9)15(17)19-14/h3-7,16H,1-2H3. The van der Waals surface area contributed by atoms with Gasteiger partial charge < -0.3 is 14.3 Å². The van der Waals surface area contributed by atoms with Crippen LogP contribution in [0.4, 0.5) is 0 Å². The van der Waals surface area contributed by atoms with Crippen molar-refractivity contribution in [2.24, 2.45) is 0 Å². The first-order chi connectivity index (χ1) is 9.13. The maximum atomic E-state index is 12.0. The zero-order valence-electron chi connectivity index (χ0n) is 10.6. The lowest BCUT2D eigenvalue weighted by Gasteiger charge is -2.10. The highest BCUT2D eigenvalue weighted by Gasteiger charge is 2.16. The van der Waals surface area contributed by atoms with E-state index in [1.807, 2.05) is 19.1 Å². The van der Waals surface area contributed by atoms with E-state index in [-0.39, 0.29) is 17.1 Å². The minimum atomic E-state index is -0.439. The van der Waals surface area contributed by atoms with Crippen LogP contribution < -0.4 is 10.4 Å². The van der Waals surface area contributed by atoms with Gasteiger partial charge in [0.05, 0.1) is 12.5 Å². The summed E-state index contributed by atoms with van der Waals surface area (Å²) in [4.78, 5) is 12.0. The van der Waals surface area contributed by atoms with E-state index in [1.54, 1.807) is 18.2 Å². The third kappa shape index (κ3) is 1.57. The number of benzene rings is 2. The van der Waals surface area contributed by atoms with E-state index in [4.69, 9.17) is 9.15 Å². The van der Waals surface area contributed by atoms with Crippen LogP contribution in [0.15, 0.2) is 39.5 Å². The Hall–Kier alpha value is -2.49. The van der Waals surface area contributed by atoms with Gasteiger partial charge >= 0.3 is 5.63 Å². The van der Waals surface area contributed by atoms with Crippen LogP contribution >= 0.6 is 0 Å². The quantitative estimate of drug-likeness (QED) is 0.537. The molecule has 0 aliphatic heterocycles. The maximum Gasteiger partial charge on any atom is 0.344 e. The fraction of sp³-hybridized carbons (Fsp3) is 0.133. The van der Waals surface area contributed by atoms with E-state index in [1.165, 1.54) is 7.11 Å². The molecule has 0 spiro atoms. The molecule has 0 bridgehead atoms. The van der Waals surface area contributed by atoms with Crippen LogP contribution in [0.1, 0.15) is 5.56 Å². The number of aryl methyl sites for hydroxylation is 1. The predicted octanol–water partition coefficient (Wildman–Crippen LogP) is 2.97. The molecule has 4 nitrogen and oxygen atoms in total. The van der Waals surface area contributed by atoms with Crippen molar-refractivity contribution in [1.82, 2.24) is 0 Å². The highest BCUT2D eigenvalue weighted by molar-refractivity contribution is 6.08. The van der Waals surface area contributed by atoms with Gasteiger partial charge in [-0.05, 0) is 24.6 Å². The summed E-state index contributed by atoms with van der Waals surface area (Å²) in [7, 11) is 1.43. The van der Waals surface area contributed by atoms with Crippen molar-refractivity contribution in [3.05, 3.63) is 46.3 Å². The molecule has 0 fully saturated rings. The molecule has 1 N–H and O–H groups in total. The lowest BCUT2D eigenvalue weighted by atomic mass is 10.0. The number of hydrogen-bond acceptors (Lipinski definition) is 4. The Morgan fingerprint density at radius 2 is 1.89 bits per heavy atom. The van der Waals surface area contributed by atoms with Gasteiger partial charge in [0.15, 0.2) is 11.3 Å². The Morgan fingerprint density at radius 1 is 1.21 bits per heavy atom. The molecule has 0 atom stereocenters. The molecule has 0 aliphatic carbocycles. The third-order valence-corrected chi connectivity index (χ3v) is 3.23. The summed E-state index contributed by atoms with van der Waals surface area (Å²) in [6.45, 7) is 1.86. The van der Waals surface area contributed by atoms with Crippen molar-refractivity contribution in [3.8, 4) is 11.5 Å². The van der Waals surface area contributed by atoms with Crippen LogP contribution in [-0.2, 0) is 0 Å². The molecule has 1 aromatic heterocycles. The number of rotatable bonds is 1. The normalized spacial score (nSPS) is 11.1. The maximum absolute atomic E-state index is 12.0. The first-order valence-electron chi connectivity index (χ1n) is 5.85. The second-order valence-electron chi connectivity index (χ2n) is 4.39. The molecule has 0 saturated carbocycles. The third-order valence-electron chi connectivity index (χ3n) is 3.23. The van der Waals surface area contributed by atoms with Crippen LogP contribution in [0, 0.1) is 6.92 Å². The van der Waals surface area contributed by atoms with Crippen molar-refractivity contribution < 1.29 is 14.3 Å². The molecular weight excluding hydrogens is 244 g/mol. The van der Waals surface area contributed by atoms with Gasteiger partial charge in [-0.15, -0.1) is 0 Å². The second-order valence-corrected chi connectivity index (χ2v) is 4.39. The topological polar surface area (TPSA) is 59.7 Å². The van der Waals surface area contributed by atoms with Crippen molar-refractivity contribution in [2.75, 3.05) is 7.11 Å². The fourth-order valence-electron chi connectivity index (χ4n) is 2.41. The first kappa shape index (κ1) is 11.6. The Balaban J connectivity index is 2.68. The molecule has 3 aromatic rings. The number of aromatic hydroxyl groups is 1. The lowest BCUT2D eigenvalue weighted by molar-refractivity contribution is 0.369. The van der Waals surface area contributed by atoms with E-state index in [9.17, 15) is 9.90 Å². The van der Waals surface area contributed by atoms with Gasteiger partial charge in [0.1, 0.15) is 0 Å². The predicted molar refractivity (Wildman–Crippen MR) is 72.9 cm³/mol. The average molecular weight is 256 g/mol. The summed E-state index contributed by atoms with van der Waals surface area (Å²) in [6, 6.07) is 8.84. The molecule has 96 valence electrons. The fourth-order valence-corrected chi connectivity index (χ4v) is 2.41. The summed E-state index contributed by atoms with van der Waals surface area (Å²) in [5.74, 6) is 0.148. The van der Waals surface area contributed by atoms with Crippen LogP contribution in [-0.4, -0.2) is 12.2 Å². The van der Waals surface area contributed by atoms with E-state index < -0.39 is 5.63 Å². The zero-order chi connectivity index (χ0) is 13.6. The number of ether oxygens (including phenoxy) is 1. The van der Waals surface area contributed by atoms with Crippen molar-refractivity contribution in [2.45, 2.75) is 6.92 Å². The Labute approximate surface area is 108 Å². The van der Waals surface area contributed by atoms with Crippen LogP contribution in [0.3, 0.4) is 0 Å². The Morgan fingerprint density at radius 3 is 2.58 bits per heavy atom. The van der Waals surface area contributed by atoms with Gasteiger partial charge in [-0.2, -0.15) is 0 Å². The van der Waals surface area contributed by atoms with Gasteiger partial charge in [-0.1, -0.05) is 18.2 Å². The number of methoxy groups -OCH3 is 1. The molecule has 1 heterocycles. The van der Waals surface area contributed by atoms with Gasteiger partial charge in [-0.3, -0.25) is 0 Å². The highest BCUT2D eigenvalue weighted by Crippen LogP contribution is 2.38. The Bertz CT molecular complexity index is 846.